The summed E-state index contributed by atoms with van der Waals surface area (Å²) in [5.74, 6) is -0.482. The van der Waals surface area contributed by atoms with Crippen molar-refractivity contribution in [1.29, 1.82) is 0 Å². The van der Waals surface area contributed by atoms with Crippen LogP contribution in [-0.4, -0.2) is 13.0 Å². The van der Waals surface area contributed by atoms with E-state index in [9.17, 15) is 12.8 Å². The highest BCUT2D eigenvalue weighted by atomic mass is 32.3. The molecule has 4 nitrogen and oxygen atoms in total. The van der Waals surface area contributed by atoms with E-state index in [-0.39, 0.29) is 0 Å². The third-order valence-electron chi connectivity index (χ3n) is 1.83. The standard InChI is InChI=1S/C9H11FO4S/c1-2-9(14-15(11,12)13)7-4-3-5-8(10)6-7/h3-6,9H,2H2,1H3,(H,11,12,13). The van der Waals surface area contributed by atoms with Crippen molar-refractivity contribution >= 4 is 10.4 Å². The van der Waals surface area contributed by atoms with Crippen LogP contribution in [0.3, 0.4) is 0 Å². The van der Waals surface area contributed by atoms with E-state index in [1.807, 2.05) is 0 Å². The molecule has 0 heterocycles. The predicted octanol–water partition coefficient (Wildman–Crippen LogP) is 2.10. The lowest BCUT2D eigenvalue weighted by Gasteiger charge is -2.13. The van der Waals surface area contributed by atoms with E-state index in [0.29, 0.717) is 12.0 Å². The summed E-state index contributed by atoms with van der Waals surface area (Å²) in [5, 5.41) is 0. The van der Waals surface area contributed by atoms with Crippen molar-refractivity contribution in [3.05, 3.63) is 35.6 Å². The summed E-state index contributed by atoms with van der Waals surface area (Å²) in [6, 6.07) is 5.38. The molecule has 0 amide bonds. The van der Waals surface area contributed by atoms with Crippen LogP contribution in [-0.2, 0) is 14.6 Å². The fourth-order valence-electron chi connectivity index (χ4n) is 1.21. The topological polar surface area (TPSA) is 63.6 Å². The Kier molecular flexibility index (Phi) is 3.78. The molecule has 0 radical (unpaired) electrons. The van der Waals surface area contributed by atoms with E-state index in [1.54, 1.807) is 6.92 Å². The molecule has 0 saturated heterocycles. The van der Waals surface area contributed by atoms with Gasteiger partial charge < -0.3 is 0 Å². The fourth-order valence-corrected chi connectivity index (χ4v) is 1.75. The van der Waals surface area contributed by atoms with E-state index in [4.69, 9.17) is 4.55 Å². The molecule has 6 heteroatoms. The minimum absolute atomic E-state index is 0.309. The highest BCUT2D eigenvalue weighted by Gasteiger charge is 2.17. The van der Waals surface area contributed by atoms with Gasteiger partial charge in [0.2, 0.25) is 0 Å². The number of hydrogen-bond acceptors (Lipinski definition) is 3. The Morgan fingerprint density at radius 2 is 2.20 bits per heavy atom. The molecule has 0 spiro atoms. The third kappa shape index (κ3) is 3.94. The van der Waals surface area contributed by atoms with Crippen molar-refractivity contribution in [2.45, 2.75) is 19.4 Å². The van der Waals surface area contributed by atoms with Gasteiger partial charge >= 0.3 is 10.4 Å². The van der Waals surface area contributed by atoms with Crippen LogP contribution in [0.1, 0.15) is 25.0 Å². The molecule has 1 rings (SSSR count). The average molecular weight is 234 g/mol. The van der Waals surface area contributed by atoms with Crippen LogP contribution in [0.2, 0.25) is 0 Å². The van der Waals surface area contributed by atoms with Crippen LogP contribution in [0.5, 0.6) is 0 Å². The first-order valence-corrected chi connectivity index (χ1v) is 5.70. The van der Waals surface area contributed by atoms with Crippen LogP contribution in [0.15, 0.2) is 24.3 Å². The second kappa shape index (κ2) is 4.69. The Morgan fingerprint density at radius 1 is 1.53 bits per heavy atom. The molecule has 1 N–H and O–H groups in total. The normalized spacial score (nSPS) is 13.8. The maximum absolute atomic E-state index is 12.8. The smallest absolute Gasteiger partial charge is 0.264 e. The SMILES string of the molecule is CCC(OS(=O)(=O)O)c1cccc(F)c1. The van der Waals surface area contributed by atoms with Crippen molar-refractivity contribution in [2.24, 2.45) is 0 Å². The minimum atomic E-state index is -4.52. The van der Waals surface area contributed by atoms with Gasteiger partial charge in [0.1, 0.15) is 11.9 Å². The maximum Gasteiger partial charge on any atom is 0.397 e. The molecular formula is C9H11FO4S. The van der Waals surface area contributed by atoms with Crippen molar-refractivity contribution in [3.8, 4) is 0 Å². The molecule has 84 valence electrons. The zero-order valence-corrected chi connectivity index (χ0v) is 8.87. The Balaban J connectivity index is 2.93. The van der Waals surface area contributed by atoms with Crippen molar-refractivity contribution in [3.63, 3.8) is 0 Å². The van der Waals surface area contributed by atoms with Gasteiger partial charge in [0.05, 0.1) is 0 Å². The van der Waals surface area contributed by atoms with Crippen LogP contribution in [0.25, 0.3) is 0 Å². The summed E-state index contributed by atoms with van der Waals surface area (Å²) in [6.07, 6.45) is -0.556. The van der Waals surface area contributed by atoms with Crippen LogP contribution < -0.4 is 0 Å². The minimum Gasteiger partial charge on any atom is -0.264 e. The zero-order chi connectivity index (χ0) is 11.5. The van der Waals surface area contributed by atoms with Crippen molar-refractivity contribution in [2.75, 3.05) is 0 Å². The first-order chi connectivity index (χ1) is 6.92. The molecule has 1 atom stereocenters. The summed E-state index contributed by atoms with van der Waals surface area (Å²) >= 11 is 0. The zero-order valence-electron chi connectivity index (χ0n) is 8.05. The largest absolute Gasteiger partial charge is 0.397 e. The average Bonchev–Trinajstić information content (AvgIpc) is 2.13. The van der Waals surface area contributed by atoms with Gasteiger partial charge in [-0.1, -0.05) is 19.1 Å². The van der Waals surface area contributed by atoms with Gasteiger partial charge in [-0.3, -0.25) is 4.55 Å². The first kappa shape index (κ1) is 12.1. The van der Waals surface area contributed by atoms with E-state index in [2.05, 4.69) is 4.18 Å². The van der Waals surface area contributed by atoms with E-state index in [0.717, 1.165) is 0 Å². The Bertz CT molecular complexity index is 429. The quantitative estimate of drug-likeness (QED) is 0.810. The molecule has 0 aliphatic carbocycles. The molecule has 0 fully saturated rings. The number of benzene rings is 1. The van der Waals surface area contributed by atoms with Gasteiger partial charge in [-0.25, -0.2) is 8.57 Å². The monoisotopic (exact) mass is 234 g/mol. The van der Waals surface area contributed by atoms with Gasteiger partial charge in [-0.05, 0) is 24.1 Å². The van der Waals surface area contributed by atoms with Gasteiger partial charge in [0.25, 0.3) is 0 Å². The molecule has 1 aromatic carbocycles. The van der Waals surface area contributed by atoms with Crippen LogP contribution >= 0.6 is 0 Å². The summed E-state index contributed by atoms with van der Waals surface area (Å²) in [4.78, 5) is 0. The lowest BCUT2D eigenvalue weighted by molar-refractivity contribution is 0.180. The number of hydrogen-bond donors (Lipinski definition) is 1. The number of rotatable bonds is 4. The van der Waals surface area contributed by atoms with Crippen molar-refractivity contribution in [1.82, 2.24) is 0 Å². The lowest BCUT2D eigenvalue weighted by atomic mass is 10.1. The first-order valence-electron chi connectivity index (χ1n) is 4.33. The molecule has 15 heavy (non-hydrogen) atoms. The van der Waals surface area contributed by atoms with Crippen molar-refractivity contribution < 1.29 is 21.5 Å². The Labute approximate surface area is 87.6 Å². The van der Waals surface area contributed by atoms with Gasteiger partial charge in [-0.15, -0.1) is 0 Å². The van der Waals surface area contributed by atoms with Crippen LogP contribution in [0.4, 0.5) is 4.39 Å². The van der Waals surface area contributed by atoms with Gasteiger partial charge in [-0.2, -0.15) is 8.42 Å². The molecule has 1 unspecified atom stereocenters. The Morgan fingerprint density at radius 3 is 2.67 bits per heavy atom. The fraction of sp³-hybridized carbons (Fsp3) is 0.333. The molecule has 0 aromatic heterocycles. The summed E-state index contributed by atoms with van der Waals surface area (Å²) in [6.45, 7) is 1.67. The molecule has 1 aromatic rings. The van der Waals surface area contributed by atoms with E-state index in [1.165, 1.54) is 24.3 Å². The molecule has 0 saturated carbocycles. The predicted molar refractivity (Wildman–Crippen MR) is 52.1 cm³/mol. The molecule has 0 aliphatic rings. The maximum atomic E-state index is 12.8. The second-order valence-electron chi connectivity index (χ2n) is 2.98. The molecular weight excluding hydrogens is 223 g/mol. The lowest BCUT2D eigenvalue weighted by Crippen LogP contribution is -2.10. The van der Waals surface area contributed by atoms with Gasteiger partial charge in [0.15, 0.2) is 0 Å². The number of halogens is 1. The second-order valence-corrected chi connectivity index (χ2v) is 4.02. The van der Waals surface area contributed by atoms with E-state index >= 15 is 0 Å². The summed E-state index contributed by atoms with van der Waals surface area (Å²) in [7, 11) is -4.52. The Hall–Kier alpha value is -0.980. The van der Waals surface area contributed by atoms with E-state index < -0.39 is 22.3 Å². The van der Waals surface area contributed by atoms with Gasteiger partial charge in [0, 0.05) is 0 Å². The van der Waals surface area contributed by atoms with Crippen LogP contribution in [0, 0.1) is 5.82 Å². The third-order valence-corrected chi connectivity index (χ3v) is 2.30. The highest BCUT2D eigenvalue weighted by molar-refractivity contribution is 7.80. The summed E-state index contributed by atoms with van der Waals surface area (Å²) in [5.41, 5.74) is 0.370. The molecule has 0 aliphatic heterocycles. The highest BCUT2D eigenvalue weighted by Crippen LogP contribution is 2.23. The molecule has 0 bridgehead atoms. The summed E-state index contributed by atoms with van der Waals surface area (Å²) < 4.78 is 46.7.